The van der Waals surface area contributed by atoms with E-state index >= 15 is 0 Å². The molecule has 0 saturated carbocycles. The maximum absolute atomic E-state index is 12.7. The molecule has 5 nitrogen and oxygen atoms in total. The van der Waals surface area contributed by atoms with Gasteiger partial charge in [0.2, 0.25) is 5.91 Å². The second-order valence-corrected chi connectivity index (χ2v) is 5.98. The number of carbonyl (C=O) groups excluding carboxylic acids is 2. The summed E-state index contributed by atoms with van der Waals surface area (Å²) in [6.45, 7) is 6.22. The highest BCUT2D eigenvalue weighted by molar-refractivity contribution is 5.99. The van der Waals surface area contributed by atoms with Crippen molar-refractivity contribution >= 4 is 17.5 Å². The van der Waals surface area contributed by atoms with E-state index in [1.807, 2.05) is 39.0 Å². The fourth-order valence-electron chi connectivity index (χ4n) is 2.68. The van der Waals surface area contributed by atoms with Crippen molar-refractivity contribution in [3.63, 3.8) is 0 Å². The first-order valence-electron chi connectivity index (χ1n) is 8.24. The van der Waals surface area contributed by atoms with Crippen molar-refractivity contribution in [3.8, 4) is 5.75 Å². The molecular weight excluding hydrogens is 316 g/mol. The van der Waals surface area contributed by atoms with Gasteiger partial charge in [0.15, 0.2) is 0 Å². The van der Waals surface area contributed by atoms with Crippen molar-refractivity contribution in [1.82, 2.24) is 4.90 Å². The van der Waals surface area contributed by atoms with E-state index < -0.39 is 0 Å². The summed E-state index contributed by atoms with van der Waals surface area (Å²) in [5, 5.41) is 2.80. The van der Waals surface area contributed by atoms with E-state index in [4.69, 9.17) is 4.74 Å². The monoisotopic (exact) mass is 340 g/mol. The number of likely N-dealkylation sites (N-methyl/N-ethyl adjacent to an activating group) is 1. The predicted octanol–water partition coefficient (Wildman–Crippen LogP) is 3.41. The number of amides is 2. The topological polar surface area (TPSA) is 58.6 Å². The van der Waals surface area contributed by atoms with Crippen LogP contribution in [0.15, 0.2) is 42.5 Å². The van der Waals surface area contributed by atoms with Gasteiger partial charge in [-0.05, 0) is 45.0 Å². The maximum Gasteiger partial charge on any atom is 0.254 e. The molecule has 2 amide bonds. The number of benzene rings is 2. The van der Waals surface area contributed by atoms with Crippen molar-refractivity contribution in [1.29, 1.82) is 0 Å². The van der Waals surface area contributed by atoms with E-state index in [0.29, 0.717) is 23.5 Å². The standard InChI is InChI=1S/C20H24N2O3/c1-5-22(20(24)16-10-14(2)9-15(3)11-16)13-19(23)21-17-7-6-8-18(12-17)25-4/h6-12H,5,13H2,1-4H3,(H,21,23). The minimum atomic E-state index is -0.243. The van der Waals surface area contributed by atoms with Crippen LogP contribution in [0.25, 0.3) is 0 Å². The maximum atomic E-state index is 12.7. The Morgan fingerprint density at radius 2 is 1.76 bits per heavy atom. The van der Waals surface area contributed by atoms with Gasteiger partial charge < -0.3 is 15.0 Å². The van der Waals surface area contributed by atoms with Crippen molar-refractivity contribution in [3.05, 3.63) is 59.2 Å². The molecule has 0 aliphatic rings. The highest BCUT2D eigenvalue weighted by Crippen LogP contribution is 2.17. The van der Waals surface area contributed by atoms with Crippen molar-refractivity contribution in [2.24, 2.45) is 0 Å². The summed E-state index contributed by atoms with van der Waals surface area (Å²) in [6, 6.07) is 12.8. The zero-order valence-corrected chi connectivity index (χ0v) is 15.1. The number of aryl methyl sites for hydroxylation is 2. The van der Waals surface area contributed by atoms with Crippen LogP contribution in [0.5, 0.6) is 5.75 Å². The van der Waals surface area contributed by atoms with Gasteiger partial charge in [-0.2, -0.15) is 0 Å². The molecule has 0 radical (unpaired) electrons. The van der Waals surface area contributed by atoms with E-state index in [1.54, 1.807) is 31.4 Å². The Morgan fingerprint density at radius 3 is 2.36 bits per heavy atom. The molecule has 2 aromatic rings. The van der Waals surface area contributed by atoms with E-state index in [-0.39, 0.29) is 18.4 Å². The second kappa shape index (κ2) is 8.33. The van der Waals surface area contributed by atoms with Gasteiger partial charge in [0.05, 0.1) is 7.11 Å². The van der Waals surface area contributed by atoms with Gasteiger partial charge in [-0.3, -0.25) is 9.59 Å². The molecule has 0 aliphatic carbocycles. The molecular formula is C20H24N2O3. The van der Waals surface area contributed by atoms with Crippen LogP contribution in [0.4, 0.5) is 5.69 Å². The molecule has 0 unspecified atom stereocenters. The van der Waals surface area contributed by atoms with Crippen LogP contribution in [0.3, 0.4) is 0 Å². The Balaban J connectivity index is 2.07. The van der Waals surface area contributed by atoms with Gasteiger partial charge in [0, 0.05) is 23.9 Å². The normalized spacial score (nSPS) is 10.2. The van der Waals surface area contributed by atoms with Crippen LogP contribution < -0.4 is 10.1 Å². The number of ether oxygens (including phenoxy) is 1. The summed E-state index contributed by atoms with van der Waals surface area (Å²) in [4.78, 5) is 26.5. The molecule has 0 atom stereocenters. The largest absolute Gasteiger partial charge is 0.497 e. The highest BCUT2D eigenvalue weighted by Gasteiger charge is 2.18. The smallest absolute Gasteiger partial charge is 0.254 e. The molecule has 0 heterocycles. The fourth-order valence-corrected chi connectivity index (χ4v) is 2.68. The molecule has 132 valence electrons. The third kappa shape index (κ3) is 5.08. The van der Waals surface area contributed by atoms with Crippen LogP contribution in [0.1, 0.15) is 28.4 Å². The van der Waals surface area contributed by atoms with Gasteiger partial charge >= 0.3 is 0 Å². The Kier molecular flexibility index (Phi) is 6.17. The van der Waals surface area contributed by atoms with E-state index in [0.717, 1.165) is 11.1 Å². The number of hydrogen-bond acceptors (Lipinski definition) is 3. The molecule has 0 spiro atoms. The van der Waals surface area contributed by atoms with Crippen LogP contribution in [-0.4, -0.2) is 36.9 Å². The number of hydrogen-bond donors (Lipinski definition) is 1. The molecule has 1 N–H and O–H groups in total. The summed E-state index contributed by atoms with van der Waals surface area (Å²) < 4.78 is 5.14. The fraction of sp³-hybridized carbons (Fsp3) is 0.300. The highest BCUT2D eigenvalue weighted by atomic mass is 16.5. The summed E-state index contributed by atoms with van der Waals surface area (Å²) >= 11 is 0. The van der Waals surface area contributed by atoms with Crippen molar-refractivity contribution in [2.75, 3.05) is 25.5 Å². The number of methoxy groups -OCH3 is 1. The molecule has 5 heteroatoms. The summed E-state index contributed by atoms with van der Waals surface area (Å²) in [6.07, 6.45) is 0. The Hall–Kier alpha value is -2.82. The molecule has 2 aromatic carbocycles. The van der Waals surface area contributed by atoms with Gasteiger partial charge in [-0.15, -0.1) is 0 Å². The minimum Gasteiger partial charge on any atom is -0.497 e. The van der Waals surface area contributed by atoms with E-state index in [1.165, 1.54) is 4.90 Å². The average Bonchev–Trinajstić information content (AvgIpc) is 2.58. The van der Waals surface area contributed by atoms with Crippen molar-refractivity contribution in [2.45, 2.75) is 20.8 Å². The third-order valence-electron chi connectivity index (χ3n) is 3.83. The van der Waals surface area contributed by atoms with Crippen LogP contribution in [0.2, 0.25) is 0 Å². The number of anilines is 1. The summed E-state index contributed by atoms with van der Waals surface area (Å²) in [7, 11) is 1.57. The lowest BCUT2D eigenvalue weighted by molar-refractivity contribution is -0.116. The molecule has 0 bridgehead atoms. The first-order chi connectivity index (χ1) is 11.9. The van der Waals surface area contributed by atoms with Crippen LogP contribution in [0, 0.1) is 13.8 Å². The molecule has 2 rings (SSSR count). The first-order valence-corrected chi connectivity index (χ1v) is 8.24. The van der Waals surface area contributed by atoms with Gasteiger partial charge in [0.1, 0.15) is 12.3 Å². The lowest BCUT2D eigenvalue weighted by Gasteiger charge is -2.21. The number of nitrogens with one attached hydrogen (secondary N) is 1. The zero-order chi connectivity index (χ0) is 18.4. The van der Waals surface area contributed by atoms with E-state index in [9.17, 15) is 9.59 Å². The Bertz CT molecular complexity index is 751. The SMILES string of the molecule is CCN(CC(=O)Nc1cccc(OC)c1)C(=O)c1cc(C)cc(C)c1. The van der Waals surface area contributed by atoms with E-state index in [2.05, 4.69) is 5.32 Å². The van der Waals surface area contributed by atoms with Gasteiger partial charge in [-0.1, -0.05) is 23.3 Å². The lowest BCUT2D eigenvalue weighted by Crippen LogP contribution is -2.37. The second-order valence-electron chi connectivity index (χ2n) is 5.98. The van der Waals surface area contributed by atoms with Gasteiger partial charge in [0.25, 0.3) is 5.91 Å². The Morgan fingerprint density at radius 1 is 1.08 bits per heavy atom. The minimum absolute atomic E-state index is 0.000464. The number of rotatable bonds is 6. The number of carbonyl (C=O) groups is 2. The Labute approximate surface area is 148 Å². The summed E-state index contributed by atoms with van der Waals surface area (Å²) in [5.41, 5.74) is 3.30. The molecule has 0 aromatic heterocycles. The lowest BCUT2D eigenvalue weighted by atomic mass is 10.1. The summed E-state index contributed by atoms with van der Waals surface area (Å²) in [5.74, 6) is 0.277. The third-order valence-corrected chi connectivity index (χ3v) is 3.83. The first kappa shape index (κ1) is 18.5. The quantitative estimate of drug-likeness (QED) is 0.877. The van der Waals surface area contributed by atoms with Gasteiger partial charge in [-0.25, -0.2) is 0 Å². The average molecular weight is 340 g/mol. The van der Waals surface area contributed by atoms with Crippen LogP contribution in [-0.2, 0) is 4.79 Å². The molecule has 0 fully saturated rings. The zero-order valence-electron chi connectivity index (χ0n) is 15.1. The molecule has 0 saturated heterocycles. The van der Waals surface area contributed by atoms with Crippen molar-refractivity contribution < 1.29 is 14.3 Å². The predicted molar refractivity (Wildman–Crippen MR) is 99.1 cm³/mol. The molecule has 25 heavy (non-hydrogen) atoms. The molecule has 0 aliphatic heterocycles. The van der Waals surface area contributed by atoms with Crippen LogP contribution >= 0.6 is 0 Å². The number of nitrogens with zero attached hydrogens (tertiary/aromatic N) is 1.